The van der Waals surface area contributed by atoms with Crippen LogP contribution in [0, 0.1) is 11.8 Å². The van der Waals surface area contributed by atoms with Gasteiger partial charge in [0.25, 0.3) is 0 Å². The van der Waals surface area contributed by atoms with Gasteiger partial charge in [-0.2, -0.15) is 0 Å². The van der Waals surface area contributed by atoms with Crippen molar-refractivity contribution < 1.29 is 4.79 Å². The molecule has 2 atom stereocenters. The maximum atomic E-state index is 11.6. The summed E-state index contributed by atoms with van der Waals surface area (Å²) < 4.78 is 0. The monoisotopic (exact) mass is 605 g/mol. The number of thiophene rings is 2. The fourth-order valence-electron chi connectivity index (χ4n) is 5.93. The Morgan fingerprint density at radius 1 is 0.875 bits per heavy atom. The molecule has 0 fully saturated rings. The number of carbonyl (C=O) groups is 1. The molecule has 5 aromatic rings. The van der Waals surface area contributed by atoms with Gasteiger partial charge < -0.3 is 5.32 Å². The zero-order chi connectivity index (χ0) is 27.4. The summed E-state index contributed by atoms with van der Waals surface area (Å²) in [6.07, 6.45) is 10.8. The average Bonchev–Trinajstić information content (AvgIpc) is 3.60. The molecule has 1 N–H and O–H groups in total. The summed E-state index contributed by atoms with van der Waals surface area (Å²) in [4.78, 5) is 35.1. The van der Waals surface area contributed by atoms with Gasteiger partial charge >= 0.3 is 0 Å². The highest BCUT2D eigenvalue weighted by Gasteiger charge is 2.25. The maximum Gasteiger partial charge on any atom is 0.198 e. The topological polar surface area (TPSA) is 80.7 Å². The molecule has 0 radical (unpaired) electrons. The van der Waals surface area contributed by atoms with E-state index in [9.17, 15) is 4.79 Å². The summed E-state index contributed by atoms with van der Waals surface area (Å²) in [5.41, 5.74) is 4.92. The molecular formula is C30H28ClN5OS3. The molecular weight excluding hydrogens is 578 g/mol. The SMILES string of the molecule is CC1CCc2c(sc3ncnc(Cl)c23)C1.CC1CCc2c(sc3ncnc(Nc4ccc5c(c4)SC(=O)C5)c23)C1. The third-order valence-electron chi connectivity index (χ3n) is 8.03. The molecule has 2 aliphatic carbocycles. The van der Waals surface area contributed by atoms with Crippen LogP contribution in [0.2, 0.25) is 5.15 Å². The number of fused-ring (bicyclic) bond motifs is 7. The number of thioether (sulfide) groups is 1. The molecule has 6 nitrogen and oxygen atoms in total. The number of nitrogens with one attached hydrogen (secondary N) is 1. The molecule has 0 saturated carbocycles. The number of benzene rings is 1. The smallest absolute Gasteiger partial charge is 0.198 e. The average molecular weight is 606 g/mol. The number of carbonyl (C=O) groups excluding carboxylic acids is 1. The predicted octanol–water partition coefficient (Wildman–Crippen LogP) is 8.20. The van der Waals surface area contributed by atoms with Crippen molar-refractivity contribution >= 4 is 83.1 Å². The minimum Gasteiger partial charge on any atom is -0.340 e. The summed E-state index contributed by atoms with van der Waals surface area (Å²) >= 11 is 11.1. The van der Waals surface area contributed by atoms with Crippen LogP contribution in [0.3, 0.4) is 0 Å². The van der Waals surface area contributed by atoms with Gasteiger partial charge in [0, 0.05) is 26.8 Å². The number of hydrogen-bond acceptors (Lipinski definition) is 9. The predicted molar refractivity (Wildman–Crippen MR) is 167 cm³/mol. The third kappa shape index (κ3) is 4.91. The molecule has 40 heavy (non-hydrogen) atoms. The fraction of sp³-hybridized carbons (Fsp3) is 0.367. The Bertz CT molecular complexity index is 1780. The standard InChI is InChI=1S/C19H17N3OS2.C11H11ClN2S/c1-10-2-5-13-15(6-10)25-19-17(13)18(20-9-21-19)22-12-4-3-11-7-16(23)24-14(11)8-12;1-6-2-3-7-8(4-6)15-11-9(7)10(12)13-5-14-11/h3-4,8-10H,2,5-7H2,1H3,(H,20,21,22);5-6H,2-4H2,1H3. The second-order valence-corrected chi connectivity index (χ2v) is 14.7. The number of rotatable bonds is 2. The van der Waals surface area contributed by atoms with Crippen LogP contribution in [0.15, 0.2) is 35.7 Å². The minimum absolute atomic E-state index is 0.220. The van der Waals surface area contributed by atoms with E-state index in [1.165, 1.54) is 57.3 Å². The van der Waals surface area contributed by atoms with Crippen LogP contribution in [-0.2, 0) is 36.9 Å². The quantitative estimate of drug-likeness (QED) is 0.203. The van der Waals surface area contributed by atoms with E-state index in [4.69, 9.17) is 11.6 Å². The van der Waals surface area contributed by atoms with Crippen LogP contribution in [0.4, 0.5) is 11.5 Å². The lowest BCUT2D eigenvalue weighted by molar-refractivity contribution is -0.110. The van der Waals surface area contributed by atoms with E-state index in [1.54, 1.807) is 24.0 Å². The van der Waals surface area contributed by atoms with Crippen LogP contribution in [0.1, 0.15) is 53.1 Å². The molecule has 4 aromatic heterocycles. The number of nitrogens with zero attached hydrogens (tertiary/aromatic N) is 4. The van der Waals surface area contributed by atoms with E-state index in [0.717, 1.165) is 68.1 Å². The van der Waals surface area contributed by atoms with Crippen molar-refractivity contribution in [1.29, 1.82) is 0 Å². The zero-order valence-corrected chi connectivity index (χ0v) is 25.5. The molecule has 3 aliphatic rings. The third-order valence-corrected chi connectivity index (χ3v) is 11.6. The van der Waals surface area contributed by atoms with Crippen LogP contribution in [0.5, 0.6) is 0 Å². The largest absolute Gasteiger partial charge is 0.340 e. The highest BCUT2D eigenvalue weighted by Crippen LogP contribution is 2.42. The van der Waals surface area contributed by atoms with Gasteiger partial charge in [-0.15, -0.1) is 22.7 Å². The summed E-state index contributed by atoms with van der Waals surface area (Å²) in [6.45, 7) is 4.63. The van der Waals surface area contributed by atoms with Gasteiger partial charge in [-0.05, 0) is 79.2 Å². The number of aromatic nitrogens is 4. The van der Waals surface area contributed by atoms with E-state index < -0.39 is 0 Å². The van der Waals surface area contributed by atoms with Gasteiger partial charge in [0.2, 0.25) is 0 Å². The normalized spacial score (nSPS) is 19.6. The van der Waals surface area contributed by atoms with Crippen LogP contribution in [0.25, 0.3) is 20.4 Å². The molecule has 0 bridgehead atoms. The van der Waals surface area contributed by atoms with Gasteiger partial charge in [-0.25, -0.2) is 19.9 Å². The summed E-state index contributed by atoms with van der Waals surface area (Å²) in [7, 11) is 0. The van der Waals surface area contributed by atoms with E-state index in [1.807, 2.05) is 23.5 Å². The summed E-state index contributed by atoms with van der Waals surface area (Å²) in [6, 6.07) is 6.13. The molecule has 0 amide bonds. The van der Waals surface area contributed by atoms with Crippen molar-refractivity contribution in [2.45, 2.75) is 63.7 Å². The molecule has 0 spiro atoms. The van der Waals surface area contributed by atoms with Crippen molar-refractivity contribution in [3.63, 3.8) is 0 Å². The van der Waals surface area contributed by atoms with Gasteiger partial charge in [0.1, 0.15) is 33.3 Å². The summed E-state index contributed by atoms with van der Waals surface area (Å²) in [5, 5.41) is 6.59. The lowest BCUT2D eigenvalue weighted by atomic mass is 9.89. The molecule has 8 rings (SSSR count). The Labute approximate surface area is 250 Å². The Balaban J connectivity index is 0.000000150. The maximum absolute atomic E-state index is 11.6. The Hall–Kier alpha value is -2.59. The van der Waals surface area contributed by atoms with E-state index in [0.29, 0.717) is 11.6 Å². The Morgan fingerprint density at radius 2 is 1.52 bits per heavy atom. The van der Waals surface area contributed by atoms with Crippen LogP contribution >= 0.6 is 46.0 Å². The molecule has 0 saturated heterocycles. The van der Waals surface area contributed by atoms with Gasteiger partial charge in [-0.3, -0.25) is 4.79 Å². The van der Waals surface area contributed by atoms with E-state index in [-0.39, 0.29) is 5.12 Å². The first-order valence-electron chi connectivity index (χ1n) is 13.7. The molecule has 2 unspecified atom stereocenters. The first-order chi connectivity index (χ1) is 19.4. The first-order valence-corrected chi connectivity index (χ1v) is 16.5. The van der Waals surface area contributed by atoms with Gasteiger partial charge in [-0.1, -0.05) is 43.3 Å². The second kappa shape index (κ2) is 10.7. The van der Waals surface area contributed by atoms with Crippen LogP contribution < -0.4 is 5.32 Å². The number of aryl methyl sites for hydroxylation is 2. The number of anilines is 2. The second-order valence-electron chi connectivity index (χ2n) is 11.0. The Kier molecular flexibility index (Phi) is 7.02. The van der Waals surface area contributed by atoms with Crippen LogP contribution in [-0.4, -0.2) is 25.1 Å². The minimum atomic E-state index is 0.220. The molecule has 1 aromatic carbocycles. The van der Waals surface area contributed by atoms with Crippen molar-refractivity contribution in [1.82, 2.24) is 19.9 Å². The molecule has 1 aliphatic heterocycles. The zero-order valence-electron chi connectivity index (χ0n) is 22.3. The van der Waals surface area contributed by atoms with Crippen molar-refractivity contribution in [3.05, 3.63) is 62.5 Å². The molecule has 204 valence electrons. The highest BCUT2D eigenvalue weighted by atomic mass is 35.5. The molecule has 10 heteroatoms. The lowest BCUT2D eigenvalue weighted by Crippen LogP contribution is -2.09. The lowest BCUT2D eigenvalue weighted by Gasteiger charge is -2.18. The number of halogens is 1. The van der Waals surface area contributed by atoms with Crippen molar-refractivity contribution in [3.8, 4) is 0 Å². The first kappa shape index (κ1) is 26.3. The highest BCUT2D eigenvalue weighted by molar-refractivity contribution is 8.14. The summed E-state index contributed by atoms with van der Waals surface area (Å²) in [5.74, 6) is 2.42. The van der Waals surface area contributed by atoms with Gasteiger partial charge in [0.15, 0.2) is 5.12 Å². The van der Waals surface area contributed by atoms with Gasteiger partial charge in [0.05, 0.1) is 10.8 Å². The molecule has 5 heterocycles. The fourth-order valence-corrected chi connectivity index (χ4v) is 9.86. The Morgan fingerprint density at radius 3 is 2.25 bits per heavy atom. The van der Waals surface area contributed by atoms with E-state index in [2.05, 4.69) is 45.2 Å². The van der Waals surface area contributed by atoms with E-state index >= 15 is 0 Å². The number of hydrogen-bond donors (Lipinski definition) is 1. The van der Waals surface area contributed by atoms with Crippen molar-refractivity contribution in [2.24, 2.45) is 11.8 Å². The van der Waals surface area contributed by atoms with Crippen molar-refractivity contribution in [2.75, 3.05) is 5.32 Å².